The number of hydrogen-bond acceptors (Lipinski definition) is 2. The second-order valence-electron chi connectivity index (χ2n) is 5.93. The van der Waals surface area contributed by atoms with E-state index in [9.17, 15) is 26.7 Å². The van der Waals surface area contributed by atoms with Crippen molar-refractivity contribution in [2.24, 2.45) is 0 Å². The van der Waals surface area contributed by atoms with Crippen LogP contribution in [0.2, 0.25) is 0 Å². The van der Waals surface area contributed by atoms with Crippen LogP contribution in [0.25, 0.3) is 6.08 Å². The average molecular weight is 362 g/mol. The monoisotopic (exact) mass is 362 g/mol. The summed E-state index contributed by atoms with van der Waals surface area (Å²) in [7, 11) is 0. The Labute approximate surface area is 142 Å². The molecule has 0 atom stereocenters. The Balaban J connectivity index is 1.84. The van der Waals surface area contributed by atoms with Crippen molar-refractivity contribution in [1.82, 2.24) is 10.2 Å². The molecule has 1 heterocycles. The number of nitrogens with zero attached hydrogens (tertiary/aromatic N) is 1. The Kier molecular flexibility index (Phi) is 6.52. The number of piperidine rings is 1. The van der Waals surface area contributed by atoms with Gasteiger partial charge in [-0.05, 0) is 36.6 Å². The van der Waals surface area contributed by atoms with Crippen molar-refractivity contribution in [3.05, 3.63) is 41.5 Å². The number of alkyl halides is 5. The van der Waals surface area contributed by atoms with E-state index in [2.05, 4.69) is 5.32 Å². The maximum absolute atomic E-state index is 12.6. The summed E-state index contributed by atoms with van der Waals surface area (Å²) < 4.78 is 62.5. The zero-order chi connectivity index (χ0) is 18.4. The van der Waals surface area contributed by atoms with Crippen LogP contribution < -0.4 is 5.32 Å². The third-order valence-electron chi connectivity index (χ3n) is 3.97. The number of hydrogen-bond donors (Lipinski definition) is 1. The normalized spacial score (nSPS) is 17.4. The van der Waals surface area contributed by atoms with Gasteiger partial charge in [-0.25, -0.2) is 8.78 Å². The Morgan fingerprint density at radius 2 is 1.96 bits per heavy atom. The summed E-state index contributed by atoms with van der Waals surface area (Å²) in [5.41, 5.74) is -0.502. The Morgan fingerprint density at radius 1 is 1.28 bits per heavy atom. The van der Waals surface area contributed by atoms with Gasteiger partial charge in [0, 0.05) is 25.2 Å². The predicted molar refractivity (Wildman–Crippen MR) is 84.1 cm³/mol. The van der Waals surface area contributed by atoms with Crippen molar-refractivity contribution in [2.75, 3.05) is 19.6 Å². The molecule has 1 aliphatic heterocycles. The summed E-state index contributed by atoms with van der Waals surface area (Å²) in [4.78, 5) is 13.5. The number of benzene rings is 1. The van der Waals surface area contributed by atoms with Crippen LogP contribution in [-0.4, -0.2) is 42.9 Å². The number of nitrogens with one attached hydrogen (secondary N) is 1. The molecule has 0 aliphatic carbocycles. The number of rotatable bonds is 5. The number of amides is 1. The molecule has 1 aliphatic rings. The minimum atomic E-state index is -4.43. The first kappa shape index (κ1) is 19.4. The van der Waals surface area contributed by atoms with Gasteiger partial charge >= 0.3 is 6.18 Å². The highest BCUT2D eigenvalue weighted by Crippen LogP contribution is 2.29. The third kappa shape index (κ3) is 6.45. The van der Waals surface area contributed by atoms with Crippen LogP contribution >= 0.6 is 0 Å². The van der Waals surface area contributed by atoms with Crippen molar-refractivity contribution in [1.29, 1.82) is 0 Å². The van der Waals surface area contributed by atoms with Crippen molar-refractivity contribution in [2.45, 2.75) is 31.5 Å². The van der Waals surface area contributed by atoms with Gasteiger partial charge in [-0.2, -0.15) is 13.2 Å². The molecule has 0 saturated carbocycles. The first-order valence-electron chi connectivity index (χ1n) is 7.90. The Bertz CT molecular complexity index is 607. The lowest BCUT2D eigenvalue weighted by atomic mass is 10.0. The first-order valence-corrected chi connectivity index (χ1v) is 7.90. The molecular formula is C17H19F5N2O. The van der Waals surface area contributed by atoms with Crippen molar-refractivity contribution in [3.63, 3.8) is 0 Å². The molecule has 1 saturated heterocycles. The SMILES string of the molecule is O=C(/C=C/c1cccc(C(F)(F)F)c1)NC1CCN(CC(F)F)CC1. The van der Waals surface area contributed by atoms with E-state index in [0.29, 0.717) is 25.9 Å². The maximum Gasteiger partial charge on any atom is 0.416 e. The van der Waals surface area contributed by atoms with Crippen molar-refractivity contribution >= 4 is 12.0 Å². The first-order chi connectivity index (χ1) is 11.7. The fourth-order valence-corrected chi connectivity index (χ4v) is 2.69. The average Bonchev–Trinajstić information content (AvgIpc) is 2.54. The van der Waals surface area contributed by atoms with Gasteiger partial charge in [0.2, 0.25) is 5.91 Å². The van der Waals surface area contributed by atoms with E-state index < -0.39 is 24.1 Å². The topological polar surface area (TPSA) is 32.3 Å². The van der Waals surface area contributed by atoms with Gasteiger partial charge in [-0.3, -0.25) is 9.69 Å². The number of carbonyl (C=O) groups is 1. The molecule has 25 heavy (non-hydrogen) atoms. The molecule has 0 spiro atoms. The fourth-order valence-electron chi connectivity index (χ4n) is 2.69. The Hall–Kier alpha value is -1.96. The lowest BCUT2D eigenvalue weighted by molar-refractivity contribution is -0.137. The van der Waals surface area contributed by atoms with Crippen LogP contribution in [0.3, 0.4) is 0 Å². The van der Waals surface area contributed by atoms with Crippen molar-refractivity contribution in [3.8, 4) is 0 Å². The minimum Gasteiger partial charge on any atom is -0.350 e. The molecule has 1 N–H and O–H groups in total. The molecule has 0 unspecified atom stereocenters. The van der Waals surface area contributed by atoms with E-state index in [1.165, 1.54) is 24.3 Å². The van der Waals surface area contributed by atoms with E-state index in [-0.39, 0.29) is 18.2 Å². The van der Waals surface area contributed by atoms with Crippen LogP contribution in [0.5, 0.6) is 0 Å². The zero-order valence-electron chi connectivity index (χ0n) is 13.4. The van der Waals surface area contributed by atoms with Gasteiger partial charge in [0.1, 0.15) is 0 Å². The van der Waals surface area contributed by atoms with Gasteiger partial charge in [0.05, 0.1) is 12.1 Å². The number of halogens is 5. The zero-order valence-corrected chi connectivity index (χ0v) is 13.4. The van der Waals surface area contributed by atoms with E-state index >= 15 is 0 Å². The molecule has 0 aromatic heterocycles. The smallest absolute Gasteiger partial charge is 0.350 e. The van der Waals surface area contributed by atoms with Crippen LogP contribution in [0.4, 0.5) is 22.0 Å². The lowest BCUT2D eigenvalue weighted by Gasteiger charge is -2.31. The molecular weight excluding hydrogens is 343 g/mol. The van der Waals surface area contributed by atoms with E-state index in [0.717, 1.165) is 12.1 Å². The summed E-state index contributed by atoms with van der Waals surface area (Å²) in [6.45, 7) is 0.690. The summed E-state index contributed by atoms with van der Waals surface area (Å²) in [6, 6.07) is 4.56. The van der Waals surface area contributed by atoms with E-state index in [1.54, 1.807) is 4.90 Å². The van der Waals surface area contributed by atoms with Crippen LogP contribution in [0.15, 0.2) is 30.3 Å². The number of carbonyl (C=O) groups excluding carboxylic acids is 1. The molecule has 1 amide bonds. The van der Waals surface area contributed by atoms with Crippen molar-refractivity contribution < 1.29 is 26.7 Å². The number of likely N-dealkylation sites (tertiary alicyclic amines) is 1. The van der Waals surface area contributed by atoms with Gasteiger partial charge in [0.25, 0.3) is 6.43 Å². The molecule has 1 aromatic carbocycles. The molecule has 3 nitrogen and oxygen atoms in total. The highest BCUT2D eigenvalue weighted by molar-refractivity contribution is 5.91. The van der Waals surface area contributed by atoms with E-state index in [4.69, 9.17) is 0 Å². The molecule has 2 rings (SSSR count). The second-order valence-corrected chi connectivity index (χ2v) is 5.93. The summed E-state index contributed by atoms with van der Waals surface area (Å²) >= 11 is 0. The largest absolute Gasteiger partial charge is 0.416 e. The third-order valence-corrected chi connectivity index (χ3v) is 3.97. The molecule has 0 radical (unpaired) electrons. The minimum absolute atomic E-state index is 0.118. The highest BCUT2D eigenvalue weighted by atomic mass is 19.4. The van der Waals surface area contributed by atoms with Gasteiger partial charge in [-0.1, -0.05) is 12.1 Å². The quantitative estimate of drug-likeness (QED) is 0.642. The van der Waals surface area contributed by atoms with E-state index in [1.807, 2.05) is 0 Å². The van der Waals surface area contributed by atoms with Gasteiger partial charge < -0.3 is 5.32 Å². The fraction of sp³-hybridized carbons (Fsp3) is 0.471. The maximum atomic E-state index is 12.6. The summed E-state index contributed by atoms with van der Waals surface area (Å²) in [5.74, 6) is -0.412. The molecule has 1 aromatic rings. The van der Waals surface area contributed by atoms with Gasteiger partial charge in [-0.15, -0.1) is 0 Å². The molecule has 0 bridgehead atoms. The summed E-state index contributed by atoms with van der Waals surface area (Å²) in [6.07, 6.45) is -3.18. The molecule has 138 valence electrons. The highest BCUT2D eigenvalue weighted by Gasteiger charge is 2.30. The van der Waals surface area contributed by atoms with Crippen LogP contribution in [0.1, 0.15) is 24.0 Å². The Morgan fingerprint density at radius 3 is 2.56 bits per heavy atom. The summed E-state index contributed by atoms with van der Waals surface area (Å²) in [5, 5.41) is 2.75. The van der Waals surface area contributed by atoms with Gasteiger partial charge in [0.15, 0.2) is 0 Å². The lowest BCUT2D eigenvalue weighted by Crippen LogP contribution is -2.45. The van der Waals surface area contributed by atoms with Crippen LogP contribution in [0, 0.1) is 0 Å². The second kappa shape index (κ2) is 8.42. The standard InChI is InChI=1S/C17H19F5N2O/c18-15(19)11-24-8-6-14(7-9-24)23-16(25)5-4-12-2-1-3-13(10-12)17(20,21)22/h1-5,10,14-15H,6-9,11H2,(H,23,25)/b5-4+. The molecule has 8 heteroatoms. The predicted octanol–water partition coefficient (Wildman–Crippen LogP) is 3.56. The van der Waals surface area contributed by atoms with Crippen LogP contribution in [-0.2, 0) is 11.0 Å². The molecule has 1 fully saturated rings.